The molecule has 1 aromatic carbocycles. The first-order valence-electron chi connectivity index (χ1n) is 6.13. The van der Waals surface area contributed by atoms with Gasteiger partial charge in [0.25, 0.3) is 0 Å². The number of aromatic nitrogens is 1. The van der Waals surface area contributed by atoms with Crippen LogP contribution in [0.5, 0.6) is 5.75 Å². The zero-order chi connectivity index (χ0) is 14.0. The third kappa shape index (κ3) is 2.29. The number of nitrogens with two attached hydrogens (primary N) is 1. The molecular weight excluding hydrogens is 244 g/mol. The van der Waals surface area contributed by atoms with Gasteiger partial charge in [-0.25, -0.2) is 4.79 Å². The molecule has 2 rings (SSSR count). The van der Waals surface area contributed by atoms with Crippen molar-refractivity contribution < 1.29 is 14.3 Å². The summed E-state index contributed by atoms with van der Waals surface area (Å²) in [6.45, 7) is 2.74. The summed E-state index contributed by atoms with van der Waals surface area (Å²) in [7, 11) is 2.96. The van der Waals surface area contributed by atoms with Gasteiger partial charge < -0.3 is 19.8 Å². The summed E-state index contributed by atoms with van der Waals surface area (Å²) < 4.78 is 11.9. The number of ether oxygens (including phenoxy) is 2. The van der Waals surface area contributed by atoms with E-state index < -0.39 is 12.0 Å². The molecule has 0 fully saturated rings. The maximum absolute atomic E-state index is 11.6. The predicted octanol–water partition coefficient (Wildman–Crippen LogP) is 1.84. The topological polar surface area (TPSA) is 66.5 Å². The lowest BCUT2D eigenvalue weighted by molar-refractivity contribution is -0.142. The number of fused-ring (bicyclic) bond motifs is 1. The zero-order valence-corrected chi connectivity index (χ0v) is 11.3. The number of esters is 1. The SMILES string of the molecule is CCn1c(C(N)C(=O)OC)cc2cc(OC)ccc21. The molecule has 5 nitrogen and oxygen atoms in total. The number of benzene rings is 1. The summed E-state index contributed by atoms with van der Waals surface area (Å²) >= 11 is 0. The highest BCUT2D eigenvalue weighted by atomic mass is 16.5. The fourth-order valence-electron chi connectivity index (χ4n) is 2.26. The van der Waals surface area contributed by atoms with Crippen LogP contribution in [0.2, 0.25) is 0 Å². The Morgan fingerprint density at radius 2 is 2.11 bits per heavy atom. The van der Waals surface area contributed by atoms with Gasteiger partial charge in [-0.15, -0.1) is 0 Å². The van der Waals surface area contributed by atoms with E-state index in [1.165, 1.54) is 7.11 Å². The molecule has 1 heterocycles. The maximum atomic E-state index is 11.6. The first-order valence-corrected chi connectivity index (χ1v) is 6.13. The molecule has 2 aromatic rings. The summed E-state index contributed by atoms with van der Waals surface area (Å²) in [5.74, 6) is 0.336. The molecule has 1 aromatic heterocycles. The van der Waals surface area contributed by atoms with Crippen LogP contribution in [0.3, 0.4) is 0 Å². The van der Waals surface area contributed by atoms with Crippen molar-refractivity contribution in [2.45, 2.75) is 19.5 Å². The molecule has 0 spiro atoms. The summed E-state index contributed by atoms with van der Waals surface area (Å²) in [6.07, 6.45) is 0. The summed E-state index contributed by atoms with van der Waals surface area (Å²) in [5, 5.41) is 0.996. The predicted molar refractivity (Wildman–Crippen MR) is 73.1 cm³/mol. The number of hydrogen-bond acceptors (Lipinski definition) is 4. The molecule has 2 N–H and O–H groups in total. The van der Waals surface area contributed by atoms with Crippen LogP contribution in [0.15, 0.2) is 24.3 Å². The molecule has 0 radical (unpaired) electrons. The van der Waals surface area contributed by atoms with Crippen molar-refractivity contribution in [3.8, 4) is 5.75 Å². The highest BCUT2D eigenvalue weighted by Crippen LogP contribution is 2.27. The molecule has 0 bridgehead atoms. The van der Waals surface area contributed by atoms with Gasteiger partial charge in [0.2, 0.25) is 0 Å². The molecule has 102 valence electrons. The molecule has 0 amide bonds. The number of carbonyl (C=O) groups excluding carboxylic acids is 1. The molecule has 0 saturated carbocycles. The van der Waals surface area contributed by atoms with Gasteiger partial charge in [0.05, 0.1) is 14.2 Å². The second kappa shape index (κ2) is 5.32. The molecule has 1 atom stereocenters. The summed E-state index contributed by atoms with van der Waals surface area (Å²) in [4.78, 5) is 11.6. The largest absolute Gasteiger partial charge is 0.497 e. The average Bonchev–Trinajstić information content (AvgIpc) is 2.82. The Hall–Kier alpha value is -2.01. The van der Waals surface area contributed by atoms with Gasteiger partial charge in [-0.1, -0.05) is 0 Å². The number of rotatable bonds is 4. The molecular formula is C14H18N2O3. The van der Waals surface area contributed by atoms with Crippen molar-refractivity contribution in [2.75, 3.05) is 14.2 Å². The molecule has 0 saturated heterocycles. The quantitative estimate of drug-likeness (QED) is 0.854. The first-order chi connectivity index (χ1) is 9.12. The van der Waals surface area contributed by atoms with E-state index in [-0.39, 0.29) is 0 Å². The number of methoxy groups -OCH3 is 2. The van der Waals surface area contributed by atoms with E-state index in [4.69, 9.17) is 15.2 Å². The van der Waals surface area contributed by atoms with Gasteiger partial charge in [-0.3, -0.25) is 0 Å². The van der Waals surface area contributed by atoms with Crippen molar-refractivity contribution in [2.24, 2.45) is 5.73 Å². The second-order valence-corrected chi connectivity index (χ2v) is 4.24. The van der Waals surface area contributed by atoms with E-state index >= 15 is 0 Å². The van der Waals surface area contributed by atoms with E-state index in [9.17, 15) is 4.79 Å². The number of carbonyl (C=O) groups is 1. The Morgan fingerprint density at radius 3 is 2.68 bits per heavy atom. The zero-order valence-electron chi connectivity index (χ0n) is 11.3. The van der Waals surface area contributed by atoms with E-state index in [0.29, 0.717) is 0 Å². The number of hydrogen-bond donors (Lipinski definition) is 1. The van der Waals surface area contributed by atoms with E-state index in [1.54, 1.807) is 7.11 Å². The number of nitrogens with zero attached hydrogens (tertiary/aromatic N) is 1. The van der Waals surface area contributed by atoms with Crippen LogP contribution in [0.25, 0.3) is 10.9 Å². The van der Waals surface area contributed by atoms with Gasteiger partial charge in [-0.05, 0) is 31.2 Å². The summed E-state index contributed by atoms with van der Waals surface area (Å²) in [5.41, 5.74) is 7.71. The van der Waals surface area contributed by atoms with Gasteiger partial charge in [0, 0.05) is 23.1 Å². The van der Waals surface area contributed by atoms with Gasteiger partial charge in [-0.2, -0.15) is 0 Å². The van der Waals surface area contributed by atoms with E-state index in [2.05, 4.69) is 0 Å². The Balaban J connectivity index is 2.57. The smallest absolute Gasteiger partial charge is 0.328 e. The molecule has 0 aliphatic rings. The maximum Gasteiger partial charge on any atom is 0.328 e. The third-order valence-corrected chi connectivity index (χ3v) is 3.23. The molecule has 0 aliphatic carbocycles. The Labute approximate surface area is 111 Å². The number of aryl methyl sites for hydroxylation is 1. The molecule has 1 unspecified atom stereocenters. The monoisotopic (exact) mass is 262 g/mol. The lowest BCUT2D eigenvalue weighted by Crippen LogP contribution is -2.25. The first kappa shape index (κ1) is 13.4. The average molecular weight is 262 g/mol. The van der Waals surface area contributed by atoms with Gasteiger partial charge in [0.15, 0.2) is 0 Å². The fraction of sp³-hybridized carbons (Fsp3) is 0.357. The minimum Gasteiger partial charge on any atom is -0.497 e. The van der Waals surface area contributed by atoms with Crippen LogP contribution < -0.4 is 10.5 Å². The minimum absolute atomic E-state index is 0.440. The standard InChI is InChI=1S/C14H18N2O3/c1-4-16-11-6-5-10(18-2)7-9(11)8-12(16)13(15)14(17)19-3/h5-8,13H,4,15H2,1-3H3. The Bertz CT molecular complexity index is 604. The van der Waals surface area contributed by atoms with Gasteiger partial charge in [0.1, 0.15) is 11.8 Å². The molecule has 19 heavy (non-hydrogen) atoms. The van der Waals surface area contributed by atoms with E-state index in [0.717, 1.165) is 28.9 Å². The highest BCUT2D eigenvalue weighted by Gasteiger charge is 2.21. The van der Waals surface area contributed by atoms with Crippen molar-refractivity contribution in [3.63, 3.8) is 0 Å². The van der Waals surface area contributed by atoms with Crippen molar-refractivity contribution in [1.29, 1.82) is 0 Å². The van der Waals surface area contributed by atoms with Crippen LogP contribution in [0.4, 0.5) is 0 Å². The molecule has 5 heteroatoms. The Kier molecular flexibility index (Phi) is 3.76. The normalized spacial score (nSPS) is 12.4. The van der Waals surface area contributed by atoms with Crippen LogP contribution in [0, 0.1) is 0 Å². The van der Waals surface area contributed by atoms with Crippen molar-refractivity contribution in [1.82, 2.24) is 4.57 Å². The lowest BCUT2D eigenvalue weighted by Gasteiger charge is -2.13. The lowest BCUT2D eigenvalue weighted by atomic mass is 10.2. The van der Waals surface area contributed by atoms with Gasteiger partial charge >= 0.3 is 5.97 Å². The fourth-order valence-corrected chi connectivity index (χ4v) is 2.26. The molecule has 0 aliphatic heterocycles. The van der Waals surface area contributed by atoms with Crippen molar-refractivity contribution in [3.05, 3.63) is 30.0 Å². The van der Waals surface area contributed by atoms with Crippen molar-refractivity contribution >= 4 is 16.9 Å². The van der Waals surface area contributed by atoms with Crippen LogP contribution >= 0.6 is 0 Å². The second-order valence-electron chi connectivity index (χ2n) is 4.24. The van der Waals surface area contributed by atoms with E-state index in [1.807, 2.05) is 35.8 Å². The van der Waals surface area contributed by atoms with Crippen LogP contribution in [-0.2, 0) is 16.1 Å². The van der Waals surface area contributed by atoms with Crippen LogP contribution in [-0.4, -0.2) is 24.8 Å². The summed E-state index contributed by atoms with van der Waals surface area (Å²) in [6, 6.07) is 6.91. The minimum atomic E-state index is -0.775. The Morgan fingerprint density at radius 1 is 1.37 bits per heavy atom. The highest BCUT2D eigenvalue weighted by molar-refractivity contribution is 5.86. The van der Waals surface area contributed by atoms with Crippen LogP contribution in [0.1, 0.15) is 18.7 Å². The third-order valence-electron chi connectivity index (χ3n) is 3.23.